The molecule has 142 valence electrons. The smallest absolute Gasteiger partial charge is 0.372 e. The van der Waals surface area contributed by atoms with Crippen molar-refractivity contribution in [1.29, 1.82) is 0 Å². The lowest BCUT2D eigenvalue weighted by molar-refractivity contribution is -0.119. The standard InChI is InChI=1S/C10H8F3N3O3S.C4H7NO/c1-14-9-7-5-15-3-2-6(7)4-8(16-9)19-20(17,18)10(11,12)13;5-4(6)3-1-2-3/h2-5H,1H3,(H,14,16);3H,1-2H2,(H2,5,6). The van der Waals surface area contributed by atoms with Crippen molar-refractivity contribution in [2.24, 2.45) is 11.7 Å². The van der Waals surface area contributed by atoms with Gasteiger partial charge in [0.2, 0.25) is 11.8 Å². The van der Waals surface area contributed by atoms with Gasteiger partial charge in [0, 0.05) is 36.8 Å². The number of hydrogen-bond acceptors (Lipinski definition) is 7. The highest BCUT2D eigenvalue weighted by Crippen LogP contribution is 2.30. The van der Waals surface area contributed by atoms with Gasteiger partial charge in [-0.05, 0) is 24.3 Å². The molecule has 0 bridgehead atoms. The largest absolute Gasteiger partial charge is 0.534 e. The van der Waals surface area contributed by atoms with Crippen LogP contribution in [0.25, 0.3) is 10.8 Å². The molecule has 12 heteroatoms. The molecule has 0 aromatic carbocycles. The number of nitrogens with zero attached hydrogens (tertiary/aromatic N) is 2. The molecule has 1 saturated carbocycles. The molecule has 0 unspecified atom stereocenters. The second-order valence-electron chi connectivity index (χ2n) is 5.32. The van der Waals surface area contributed by atoms with Gasteiger partial charge in [-0.2, -0.15) is 26.6 Å². The van der Waals surface area contributed by atoms with Crippen LogP contribution >= 0.6 is 0 Å². The molecule has 3 rings (SSSR count). The van der Waals surface area contributed by atoms with Gasteiger partial charge in [-0.3, -0.25) is 9.78 Å². The normalized spacial score (nSPS) is 14.3. The summed E-state index contributed by atoms with van der Waals surface area (Å²) in [5, 5.41) is 3.58. The number of primary amides is 1. The molecule has 26 heavy (non-hydrogen) atoms. The zero-order valence-electron chi connectivity index (χ0n) is 13.4. The Morgan fingerprint density at radius 1 is 1.38 bits per heavy atom. The molecule has 0 spiro atoms. The summed E-state index contributed by atoms with van der Waals surface area (Å²) in [5.41, 5.74) is -0.653. The van der Waals surface area contributed by atoms with E-state index in [0.29, 0.717) is 10.8 Å². The summed E-state index contributed by atoms with van der Waals surface area (Å²) in [6, 6.07) is 2.58. The summed E-state index contributed by atoms with van der Waals surface area (Å²) in [6.07, 6.45) is 4.89. The Bertz CT molecular complexity index is 914. The summed E-state index contributed by atoms with van der Waals surface area (Å²) < 4.78 is 62.6. The minimum Gasteiger partial charge on any atom is -0.372 e. The number of rotatable bonds is 4. The van der Waals surface area contributed by atoms with Crippen molar-refractivity contribution in [1.82, 2.24) is 9.97 Å². The van der Waals surface area contributed by atoms with Gasteiger partial charge < -0.3 is 15.2 Å². The average Bonchev–Trinajstić information content (AvgIpc) is 3.38. The Kier molecular flexibility index (Phi) is 5.54. The molecule has 8 nitrogen and oxygen atoms in total. The molecular weight excluding hydrogens is 377 g/mol. The first-order valence-corrected chi connectivity index (χ1v) is 8.68. The Hall–Kier alpha value is -2.63. The van der Waals surface area contributed by atoms with Crippen molar-refractivity contribution in [2.45, 2.75) is 18.3 Å². The lowest BCUT2D eigenvalue weighted by Gasteiger charge is -2.11. The first kappa shape index (κ1) is 19.7. The fourth-order valence-corrected chi connectivity index (χ4v) is 2.23. The average molecular weight is 392 g/mol. The number of nitrogens with two attached hydrogens (primary N) is 1. The third-order valence-corrected chi connectivity index (χ3v) is 4.26. The van der Waals surface area contributed by atoms with Gasteiger partial charge >= 0.3 is 15.6 Å². The number of anilines is 1. The number of pyridine rings is 2. The minimum absolute atomic E-state index is 0.130. The third-order valence-electron chi connectivity index (χ3n) is 3.31. The number of nitrogens with one attached hydrogen (secondary N) is 1. The molecule has 1 amide bonds. The molecule has 2 aromatic heterocycles. The van der Waals surface area contributed by atoms with Crippen LogP contribution in [0.4, 0.5) is 19.0 Å². The Morgan fingerprint density at radius 2 is 2.04 bits per heavy atom. The van der Waals surface area contributed by atoms with Crippen LogP contribution < -0.4 is 15.2 Å². The summed E-state index contributed by atoms with van der Waals surface area (Å²) >= 11 is 0. The van der Waals surface area contributed by atoms with Crippen molar-refractivity contribution in [3.05, 3.63) is 24.5 Å². The predicted octanol–water partition coefficient (Wildman–Crippen LogP) is 1.78. The SMILES string of the molecule is CNc1nc(OS(=O)(=O)C(F)(F)F)cc2ccncc12.NC(=O)C1CC1. The van der Waals surface area contributed by atoms with Crippen LogP contribution in [0.5, 0.6) is 5.88 Å². The Labute approximate surface area is 146 Å². The number of carbonyl (C=O) groups is 1. The van der Waals surface area contributed by atoms with Crippen molar-refractivity contribution in [2.75, 3.05) is 12.4 Å². The van der Waals surface area contributed by atoms with E-state index in [4.69, 9.17) is 5.73 Å². The minimum atomic E-state index is -5.75. The molecule has 0 aliphatic heterocycles. The molecule has 0 saturated heterocycles. The van der Waals surface area contributed by atoms with Gasteiger partial charge in [-0.25, -0.2) is 0 Å². The van der Waals surface area contributed by atoms with Crippen LogP contribution in [0.15, 0.2) is 24.5 Å². The molecular formula is C14H15F3N4O4S. The summed E-state index contributed by atoms with van der Waals surface area (Å²) in [6.45, 7) is 0. The number of amides is 1. The molecule has 1 aliphatic carbocycles. The zero-order valence-corrected chi connectivity index (χ0v) is 14.3. The molecule has 1 aliphatic rings. The summed E-state index contributed by atoms with van der Waals surface area (Å²) in [5.74, 6) is -0.409. The van der Waals surface area contributed by atoms with Gasteiger partial charge in [0.15, 0.2) is 0 Å². The number of halogens is 3. The molecule has 0 radical (unpaired) electrons. The van der Waals surface area contributed by atoms with Crippen LogP contribution in [0, 0.1) is 5.92 Å². The monoisotopic (exact) mass is 392 g/mol. The van der Waals surface area contributed by atoms with Gasteiger partial charge in [0.25, 0.3) is 0 Å². The van der Waals surface area contributed by atoms with Crippen molar-refractivity contribution in [3.8, 4) is 5.88 Å². The topological polar surface area (TPSA) is 124 Å². The first-order chi connectivity index (χ1) is 12.0. The molecule has 0 atom stereocenters. The van der Waals surface area contributed by atoms with E-state index in [9.17, 15) is 26.4 Å². The van der Waals surface area contributed by atoms with E-state index in [0.717, 1.165) is 18.9 Å². The van der Waals surface area contributed by atoms with E-state index >= 15 is 0 Å². The molecule has 2 aromatic rings. The van der Waals surface area contributed by atoms with Crippen LogP contribution in [0.2, 0.25) is 0 Å². The van der Waals surface area contributed by atoms with E-state index in [-0.39, 0.29) is 17.6 Å². The van der Waals surface area contributed by atoms with Crippen LogP contribution in [-0.4, -0.2) is 36.8 Å². The number of alkyl halides is 3. The van der Waals surface area contributed by atoms with Crippen molar-refractivity contribution in [3.63, 3.8) is 0 Å². The highest BCUT2D eigenvalue weighted by molar-refractivity contribution is 7.87. The lowest BCUT2D eigenvalue weighted by Crippen LogP contribution is -2.28. The van der Waals surface area contributed by atoms with Crippen molar-refractivity contribution < 1.29 is 30.6 Å². The van der Waals surface area contributed by atoms with Crippen LogP contribution in [0.1, 0.15) is 12.8 Å². The number of hydrogen-bond donors (Lipinski definition) is 2. The van der Waals surface area contributed by atoms with Gasteiger partial charge in [0.1, 0.15) is 5.82 Å². The zero-order chi connectivity index (χ0) is 19.5. The number of carbonyl (C=O) groups excluding carboxylic acids is 1. The predicted molar refractivity (Wildman–Crippen MR) is 86.6 cm³/mol. The van der Waals surface area contributed by atoms with E-state index in [2.05, 4.69) is 19.5 Å². The Morgan fingerprint density at radius 3 is 2.50 bits per heavy atom. The maximum atomic E-state index is 12.2. The maximum absolute atomic E-state index is 12.2. The van der Waals surface area contributed by atoms with E-state index in [1.807, 2.05) is 0 Å². The molecule has 3 N–H and O–H groups in total. The quantitative estimate of drug-likeness (QED) is 0.600. The summed E-state index contributed by atoms with van der Waals surface area (Å²) in [4.78, 5) is 17.5. The van der Waals surface area contributed by atoms with Crippen LogP contribution in [0.3, 0.4) is 0 Å². The Balaban J connectivity index is 0.000000342. The highest BCUT2D eigenvalue weighted by Gasteiger charge is 2.48. The maximum Gasteiger partial charge on any atom is 0.534 e. The molecule has 2 heterocycles. The van der Waals surface area contributed by atoms with Gasteiger partial charge in [-0.15, -0.1) is 0 Å². The fourth-order valence-electron chi connectivity index (χ4n) is 1.83. The van der Waals surface area contributed by atoms with Gasteiger partial charge in [-0.1, -0.05) is 0 Å². The summed E-state index contributed by atoms with van der Waals surface area (Å²) in [7, 11) is -4.27. The number of fused-ring (bicyclic) bond motifs is 1. The van der Waals surface area contributed by atoms with Crippen LogP contribution in [-0.2, 0) is 14.9 Å². The van der Waals surface area contributed by atoms with Gasteiger partial charge in [0.05, 0.1) is 0 Å². The first-order valence-electron chi connectivity index (χ1n) is 7.27. The second-order valence-corrected chi connectivity index (χ2v) is 6.85. The highest BCUT2D eigenvalue weighted by atomic mass is 32.2. The van der Waals surface area contributed by atoms with E-state index in [1.165, 1.54) is 25.5 Å². The van der Waals surface area contributed by atoms with E-state index in [1.54, 1.807) is 0 Å². The lowest BCUT2D eigenvalue weighted by atomic mass is 10.2. The number of aromatic nitrogens is 2. The molecule has 1 fully saturated rings. The second kappa shape index (κ2) is 7.32. The van der Waals surface area contributed by atoms with E-state index < -0.39 is 21.5 Å². The third kappa shape index (κ3) is 4.71. The van der Waals surface area contributed by atoms with Crippen molar-refractivity contribution >= 4 is 32.6 Å². The fraction of sp³-hybridized carbons (Fsp3) is 0.357.